The second-order valence-corrected chi connectivity index (χ2v) is 3.35. The summed E-state index contributed by atoms with van der Waals surface area (Å²) in [6.07, 6.45) is 4.39. The van der Waals surface area contributed by atoms with E-state index < -0.39 is 0 Å². The Morgan fingerprint density at radius 3 is 2.58 bits per heavy atom. The van der Waals surface area contributed by atoms with Crippen molar-refractivity contribution in [1.82, 2.24) is 0 Å². The van der Waals surface area contributed by atoms with Gasteiger partial charge in [-0.05, 0) is 24.6 Å². The summed E-state index contributed by atoms with van der Waals surface area (Å²) in [5, 5.41) is 0. The fourth-order valence-corrected chi connectivity index (χ4v) is 1.28. The number of hydrogen-bond acceptors (Lipinski definition) is 1. The summed E-state index contributed by atoms with van der Waals surface area (Å²) < 4.78 is 5.15. The van der Waals surface area contributed by atoms with Crippen LogP contribution in [-0.4, -0.2) is 7.11 Å². The molecular formula is C11H12O. The Hall–Kier alpha value is -1.24. The zero-order chi connectivity index (χ0) is 8.60. The van der Waals surface area contributed by atoms with Crippen molar-refractivity contribution in [3.05, 3.63) is 42.0 Å². The van der Waals surface area contributed by atoms with Gasteiger partial charge in [0.2, 0.25) is 0 Å². The minimum absolute atomic E-state index is 0.203. The van der Waals surface area contributed by atoms with Crippen molar-refractivity contribution < 1.29 is 4.74 Å². The van der Waals surface area contributed by atoms with Crippen LogP contribution >= 0.6 is 0 Å². The van der Waals surface area contributed by atoms with Crippen molar-refractivity contribution in [2.75, 3.05) is 7.11 Å². The van der Waals surface area contributed by atoms with Gasteiger partial charge in [-0.15, -0.1) is 0 Å². The summed E-state index contributed by atoms with van der Waals surface area (Å²) in [6.45, 7) is 2.20. The first-order chi connectivity index (χ1) is 5.74. The van der Waals surface area contributed by atoms with Gasteiger partial charge in [0.1, 0.15) is 5.75 Å². The number of allylic oxidation sites excluding steroid dienone is 2. The Labute approximate surface area is 72.7 Å². The smallest absolute Gasteiger partial charge is 0.119 e. The molecule has 1 nitrogen and oxygen atoms in total. The number of ether oxygens (including phenoxy) is 1. The highest BCUT2D eigenvalue weighted by Crippen LogP contribution is 2.38. The van der Waals surface area contributed by atoms with Crippen LogP contribution in [0.4, 0.5) is 0 Å². The molecule has 12 heavy (non-hydrogen) atoms. The monoisotopic (exact) mass is 160 g/mol. The molecular weight excluding hydrogens is 148 g/mol. The van der Waals surface area contributed by atoms with Gasteiger partial charge in [0.25, 0.3) is 0 Å². The minimum atomic E-state index is 0.203. The lowest BCUT2D eigenvalue weighted by Gasteiger charge is -2.10. The molecule has 0 aliphatic heterocycles. The molecule has 0 atom stereocenters. The Kier molecular flexibility index (Phi) is 1.47. The standard InChI is InChI=1S/C11H12O/c1-11(6-7-11)9-4-3-5-10(8-9)12-2/h3-8H,1-2H3. The molecule has 0 saturated carbocycles. The lowest BCUT2D eigenvalue weighted by molar-refractivity contribution is 0.414. The third kappa shape index (κ3) is 1.11. The zero-order valence-electron chi connectivity index (χ0n) is 7.37. The van der Waals surface area contributed by atoms with E-state index in [2.05, 4.69) is 31.2 Å². The molecule has 1 aliphatic rings. The number of methoxy groups -OCH3 is 1. The fraction of sp³-hybridized carbons (Fsp3) is 0.273. The van der Waals surface area contributed by atoms with Crippen LogP contribution in [0.1, 0.15) is 12.5 Å². The largest absolute Gasteiger partial charge is 0.497 e. The molecule has 0 bridgehead atoms. The molecule has 0 amide bonds. The van der Waals surface area contributed by atoms with E-state index in [1.807, 2.05) is 12.1 Å². The van der Waals surface area contributed by atoms with E-state index >= 15 is 0 Å². The summed E-state index contributed by atoms with van der Waals surface area (Å²) in [5.41, 5.74) is 1.51. The van der Waals surface area contributed by atoms with Gasteiger partial charge in [-0.25, -0.2) is 0 Å². The highest BCUT2D eigenvalue weighted by atomic mass is 16.5. The molecule has 1 heteroatoms. The van der Waals surface area contributed by atoms with E-state index in [0.717, 1.165) is 5.75 Å². The van der Waals surface area contributed by atoms with Crippen LogP contribution in [0.15, 0.2) is 36.4 Å². The first kappa shape index (κ1) is 7.41. The molecule has 0 fully saturated rings. The second-order valence-electron chi connectivity index (χ2n) is 3.35. The van der Waals surface area contributed by atoms with E-state index in [1.165, 1.54) is 5.56 Å². The molecule has 0 spiro atoms. The first-order valence-corrected chi connectivity index (χ1v) is 4.09. The normalized spacial score (nSPS) is 17.5. The number of hydrogen-bond donors (Lipinski definition) is 0. The maximum Gasteiger partial charge on any atom is 0.119 e. The van der Waals surface area contributed by atoms with E-state index in [0.29, 0.717) is 0 Å². The van der Waals surface area contributed by atoms with Gasteiger partial charge < -0.3 is 4.74 Å². The van der Waals surface area contributed by atoms with Crippen molar-refractivity contribution in [2.45, 2.75) is 12.3 Å². The lowest BCUT2D eigenvalue weighted by Crippen LogP contribution is -2.01. The quantitative estimate of drug-likeness (QED) is 0.604. The van der Waals surface area contributed by atoms with Crippen molar-refractivity contribution in [3.8, 4) is 5.75 Å². The molecule has 0 saturated heterocycles. The first-order valence-electron chi connectivity index (χ1n) is 4.09. The van der Waals surface area contributed by atoms with Crippen LogP contribution in [-0.2, 0) is 5.41 Å². The van der Waals surface area contributed by atoms with Gasteiger partial charge in [0, 0.05) is 5.41 Å². The minimum Gasteiger partial charge on any atom is -0.497 e. The van der Waals surface area contributed by atoms with Crippen LogP contribution in [0.25, 0.3) is 0 Å². The van der Waals surface area contributed by atoms with E-state index in [9.17, 15) is 0 Å². The molecule has 1 aromatic carbocycles. The van der Waals surface area contributed by atoms with Crippen molar-refractivity contribution in [2.24, 2.45) is 0 Å². The summed E-state index contributed by atoms with van der Waals surface area (Å²) in [6, 6.07) is 8.21. The third-order valence-corrected chi connectivity index (χ3v) is 2.36. The molecule has 0 aromatic heterocycles. The van der Waals surface area contributed by atoms with E-state index in [1.54, 1.807) is 7.11 Å². The Balaban J connectivity index is 2.33. The molecule has 2 rings (SSSR count). The van der Waals surface area contributed by atoms with Crippen LogP contribution in [0.3, 0.4) is 0 Å². The molecule has 0 unspecified atom stereocenters. The van der Waals surface area contributed by atoms with Gasteiger partial charge in [-0.1, -0.05) is 24.3 Å². The van der Waals surface area contributed by atoms with E-state index in [-0.39, 0.29) is 5.41 Å². The highest BCUT2D eigenvalue weighted by molar-refractivity contribution is 5.48. The topological polar surface area (TPSA) is 9.23 Å². The molecule has 0 radical (unpaired) electrons. The third-order valence-electron chi connectivity index (χ3n) is 2.36. The fourth-order valence-electron chi connectivity index (χ4n) is 1.28. The average molecular weight is 160 g/mol. The maximum absolute atomic E-state index is 5.15. The lowest BCUT2D eigenvalue weighted by atomic mass is 9.96. The molecule has 0 N–H and O–H groups in total. The number of rotatable bonds is 2. The summed E-state index contributed by atoms with van der Waals surface area (Å²) >= 11 is 0. The Morgan fingerprint density at radius 1 is 1.25 bits per heavy atom. The maximum atomic E-state index is 5.15. The molecule has 0 heterocycles. The van der Waals surface area contributed by atoms with E-state index in [4.69, 9.17) is 4.74 Å². The van der Waals surface area contributed by atoms with Gasteiger partial charge in [0.05, 0.1) is 7.11 Å². The van der Waals surface area contributed by atoms with Crippen LogP contribution in [0.2, 0.25) is 0 Å². The summed E-state index contributed by atoms with van der Waals surface area (Å²) in [7, 11) is 1.70. The predicted molar refractivity (Wildman–Crippen MR) is 49.5 cm³/mol. The van der Waals surface area contributed by atoms with Crippen molar-refractivity contribution in [1.29, 1.82) is 0 Å². The predicted octanol–water partition coefficient (Wildman–Crippen LogP) is 2.52. The summed E-state index contributed by atoms with van der Waals surface area (Å²) in [5.74, 6) is 0.933. The summed E-state index contributed by atoms with van der Waals surface area (Å²) in [4.78, 5) is 0. The molecule has 62 valence electrons. The Morgan fingerprint density at radius 2 is 2.00 bits per heavy atom. The van der Waals surface area contributed by atoms with Crippen molar-refractivity contribution >= 4 is 0 Å². The van der Waals surface area contributed by atoms with Gasteiger partial charge in [-0.3, -0.25) is 0 Å². The van der Waals surface area contributed by atoms with Crippen molar-refractivity contribution in [3.63, 3.8) is 0 Å². The highest BCUT2D eigenvalue weighted by Gasteiger charge is 2.29. The van der Waals surface area contributed by atoms with Crippen LogP contribution in [0, 0.1) is 0 Å². The van der Waals surface area contributed by atoms with Crippen LogP contribution in [0.5, 0.6) is 5.75 Å². The zero-order valence-corrected chi connectivity index (χ0v) is 7.37. The van der Waals surface area contributed by atoms with Gasteiger partial charge >= 0.3 is 0 Å². The SMILES string of the molecule is COc1cccc(C2(C)C=C2)c1. The van der Waals surface area contributed by atoms with Gasteiger partial charge in [-0.2, -0.15) is 0 Å². The molecule has 1 aromatic rings. The average Bonchev–Trinajstić information content (AvgIpc) is 2.85. The number of benzene rings is 1. The van der Waals surface area contributed by atoms with Crippen LogP contribution < -0.4 is 4.74 Å². The second kappa shape index (κ2) is 2.37. The Bertz CT molecular complexity index is 320. The molecule has 1 aliphatic carbocycles. The van der Waals surface area contributed by atoms with Gasteiger partial charge in [0.15, 0.2) is 0 Å².